The largest absolute Gasteiger partial charge is 0.490 e. The van der Waals surface area contributed by atoms with Crippen molar-refractivity contribution in [3.05, 3.63) is 63.4 Å². The number of halogens is 3. The van der Waals surface area contributed by atoms with E-state index in [4.69, 9.17) is 4.74 Å². The second-order valence-electron chi connectivity index (χ2n) is 7.11. The number of anilines is 3. The quantitative estimate of drug-likeness (QED) is 0.311. The maximum atomic E-state index is 15.4. The van der Waals surface area contributed by atoms with Gasteiger partial charge in [-0.25, -0.2) is 13.1 Å². The smallest absolute Gasteiger partial charge is 0.360 e. The number of benzene rings is 2. The Morgan fingerprint density at radius 3 is 2.67 bits per heavy atom. The molecule has 4 rings (SSSR count). The van der Waals surface area contributed by atoms with E-state index >= 15 is 4.39 Å². The fourth-order valence-electron chi connectivity index (χ4n) is 3.60. The first-order chi connectivity index (χ1) is 14.2. The lowest BCUT2D eigenvalue weighted by Crippen LogP contribution is -2.41. The molecule has 2 aromatic carbocycles. The van der Waals surface area contributed by atoms with Crippen molar-refractivity contribution in [2.75, 3.05) is 16.2 Å². The number of hydrogen-bond donors (Lipinski definition) is 2. The Labute approximate surface area is 186 Å². The van der Waals surface area contributed by atoms with Gasteiger partial charge < -0.3 is 10.1 Å². The summed E-state index contributed by atoms with van der Waals surface area (Å²) in [6.07, 6.45) is 2.59. The average molecular weight is 546 g/mol. The minimum absolute atomic E-state index is 0.0217. The van der Waals surface area contributed by atoms with Gasteiger partial charge in [0.15, 0.2) is 11.6 Å². The number of fused-ring (bicyclic) bond motifs is 1. The van der Waals surface area contributed by atoms with Crippen molar-refractivity contribution in [1.82, 2.24) is 0 Å². The zero-order valence-electron chi connectivity index (χ0n) is 15.6. The molecule has 1 heterocycles. The van der Waals surface area contributed by atoms with Crippen LogP contribution < -0.4 is 14.4 Å². The van der Waals surface area contributed by atoms with Gasteiger partial charge in [-0.2, -0.15) is 8.42 Å². The minimum atomic E-state index is -4.81. The third-order valence-electron chi connectivity index (χ3n) is 5.07. The monoisotopic (exact) mass is 546 g/mol. The molecule has 0 radical (unpaired) electrons. The van der Waals surface area contributed by atoms with E-state index in [1.165, 1.54) is 24.3 Å². The van der Waals surface area contributed by atoms with Gasteiger partial charge in [-0.1, -0.05) is 6.58 Å². The van der Waals surface area contributed by atoms with Gasteiger partial charge in [0.05, 0.1) is 23.5 Å². The van der Waals surface area contributed by atoms with Gasteiger partial charge in [-0.3, -0.25) is 4.55 Å². The summed E-state index contributed by atoms with van der Waals surface area (Å²) >= 11 is 1.94. The highest BCUT2D eigenvalue weighted by Crippen LogP contribution is 2.51. The maximum absolute atomic E-state index is 15.4. The molecule has 158 valence electrons. The second-order valence-corrected chi connectivity index (χ2v) is 9.62. The van der Waals surface area contributed by atoms with Gasteiger partial charge in [-0.05, 0) is 65.8 Å². The van der Waals surface area contributed by atoms with Crippen molar-refractivity contribution in [2.45, 2.75) is 24.8 Å². The van der Waals surface area contributed by atoms with E-state index in [1.807, 2.05) is 22.6 Å². The summed E-state index contributed by atoms with van der Waals surface area (Å²) in [6, 6.07) is 5.75. The van der Waals surface area contributed by atoms with Gasteiger partial charge in [0.25, 0.3) is 0 Å². The van der Waals surface area contributed by atoms with E-state index < -0.39 is 27.5 Å². The van der Waals surface area contributed by atoms with Crippen LogP contribution in [0.2, 0.25) is 0 Å². The minimum Gasteiger partial charge on any atom is -0.490 e. The fourth-order valence-corrected chi connectivity index (χ4v) is 5.14. The fraction of sp³-hybridized carbons (Fsp3) is 0.250. The Kier molecular flexibility index (Phi) is 5.29. The Morgan fingerprint density at radius 1 is 1.33 bits per heavy atom. The van der Waals surface area contributed by atoms with Crippen LogP contribution in [-0.4, -0.2) is 25.1 Å². The Morgan fingerprint density at radius 2 is 2.07 bits per heavy atom. The summed E-state index contributed by atoms with van der Waals surface area (Å²) in [5.74, 6) is -1.52. The summed E-state index contributed by atoms with van der Waals surface area (Å²) in [4.78, 5) is 0. The lowest BCUT2D eigenvalue weighted by molar-refractivity contribution is 0.340. The zero-order chi connectivity index (χ0) is 21.7. The van der Waals surface area contributed by atoms with Crippen molar-refractivity contribution in [3.63, 3.8) is 0 Å². The van der Waals surface area contributed by atoms with Crippen molar-refractivity contribution in [2.24, 2.45) is 0 Å². The van der Waals surface area contributed by atoms with Crippen molar-refractivity contribution in [3.8, 4) is 5.75 Å². The molecule has 2 aliphatic rings. The third-order valence-corrected chi connectivity index (χ3v) is 6.77. The predicted octanol–water partition coefficient (Wildman–Crippen LogP) is 4.73. The molecule has 1 aliphatic carbocycles. The van der Waals surface area contributed by atoms with E-state index in [1.54, 1.807) is 6.07 Å². The number of nitrogens with one attached hydrogen (secondary N) is 1. The molecule has 0 saturated heterocycles. The van der Waals surface area contributed by atoms with Gasteiger partial charge in [0.1, 0.15) is 11.5 Å². The standard InChI is InChI=1S/C20H17F2IN2O4S/c1-2-6-20(7-8-20)25(30(26,27)28)16-10-12-5-9-29-19(12)17(22)18(16)24-15-4-3-13(23)11-14(15)21/h3-4,6,10-11,24H,1,5,7-9H2,(H,26,27,28). The Balaban J connectivity index is 1.94. The van der Waals surface area contributed by atoms with Crippen LogP contribution in [0.25, 0.3) is 0 Å². The molecule has 0 unspecified atom stereocenters. The van der Waals surface area contributed by atoms with Crippen molar-refractivity contribution in [1.29, 1.82) is 0 Å². The predicted molar refractivity (Wildman–Crippen MR) is 118 cm³/mol. The first-order valence-electron chi connectivity index (χ1n) is 9.01. The van der Waals surface area contributed by atoms with Crippen LogP contribution in [0.4, 0.5) is 25.8 Å². The van der Waals surface area contributed by atoms with E-state index in [0.717, 1.165) is 4.31 Å². The van der Waals surface area contributed by atoms with Gasteiger partial charge in [0.2, 0.25) is 0 Å². The second kappa shape index (κ2) is 7.52. The molecule has 6 nitrogen and oxygen atoms in total. The summed E-state index contributed by atoms with van der Waals surface area (Å²) in [5, 5.41) is 2.66. The number of ether oxygens (including phenoxy) is 1. The molecule has 0 spiro atoms. The van der Waals surface area contributed by atoms with Gasteiger partial charge >= 0.3 is 10.3 Å². The van der Waals surface area contributed by atoms with Crippen LogP contribution in [0.3, 0.4) is 0 Å². The molecular formula is C20H17F2IN2O4S. The molecule has 0 aromatic heterocycles. The molecule has 1 saturated carbocycles. The topological polar surface area (TPSA) is 78.9 Å². The highest BCUT2D eigenvalue weighted by atomic mass is 127. The molecule has 30 heavy (non-hydrogen) atoms. The average Bonchev–Trinajstić information content (AvgIpc) is 3.24. The van der Waals surface area contributed by atoms with Crippen molar-refractivity contribution >= 4 is 50.0 Å². The molecular weight excluding hydrogens is 529 g/mol. The van der Waals surface area contributed by atoms with Crippen molar-refractivity contribution < 1.29 is 26.5 Å². The van der Waals surface area contributed by atoms with E-state index in [2.05, 4.69) is 17.6 Å². The number of hydrogen-bond acceptors (Lipinski definition) is 4. The first kappa shape index (κ1) is 21.1. The highest BCUT2D eigenvalue weighted by molar-refractivity contribution is 14.1. The lowest BCUT2D eigenvalue weighted by Gasteiger charge is -2.30. The normalized spacial score (nSPS) is 16.3. The summed E-state index contributed by atoms with van der Waals surface area (Å²) < 4.78 is 71.4. The summed E-state index contributed by atoms with van der Waals surface area (Å²) in [5.41, 5.74) is 1.40. The number of rotatable bonds is 6. The van der Waals surface area contributed by atoms with E-state index in [9.17, 15) is 17.4 Å². The van der Waals surface area contributed by atoms with Crippen LogP contribution >= 0.6 is 22.6 Å². The number of nitrogens with zero attached hydrogens (tertiary/aromatic N) is 1. The summed E-state index contributed by atoms with van der Waals surface area (Å²) in [7, 11) is -4.81. The molecule has 1 aliphatic heterocycles. The van der Waals surface area contributed by atoms with Crippen LogP contribution in [0, 0.1) is 15.2 Å². The van der Waals surface area contributed by atoms with E-state index in [-0.39, 0.29) is 29.4 Å². The Bertz CT molecular complexity index is 1190. The van der Waals surface area contributed by atoms with Crippen LogP contribution in [0.1, 0.15) is 18.4 Å². The highest BCUT2D eigenvalue weighted by Gasteiger charge is 2.52. The molecule has 10 heteroatoms. The zero-order valence-corrected chi connectivity index (χ0v) is 18.6. The third kappa shape index (κ3) is 3.68. The SMILES string of the molecule is C=C=CC1(N(c2cc3c(c(F)c2Nc2ccc(I)cc2F)OCC3)S(=O)(=O)O)CC1. The van der Waals surface area contributed by atoms with Gasteiger partial charge in [-0.15, -0.1) is 5.73 Å². The molecule has 2 N–H and O–H groups in total. The molecule has 1 fully saturated rings. The molecule has 0 bridgehead atoms. The molecule has 0 atom stereocenters. The van der Waals surface area contributed by atoms with Crippen LogP contribution in [0.15, 0.2) is 42.7 Å². The Hall–Kier alpha value is -2.14. The van der Waals surface area contributed by atoms with Crippen LogP contribution in [-0.2, 0) is 16.7 Å². The molecule has 0 amide bonds. The molecule has 2 aromatic rings. The lowest BCUT2D eigenvalue weighted by atomic mass is 10.1. The van der Waals surface area contributed by atoms with Crippen LogP contribution in [0.5, 0.6) is 5.75 Å². The first-order valence-corrected chi connectivity index (χ1v) is 11.5. The maximum Gasteiger partial charge on any atom is 0.360 e. The summed E-state index contributed by atoms with van der Waals surface area (Å²) in [6.45, 7) is 3.72. The van der Waals surface area contributed by atoms with E-state index in [0.29, 0.717) is 28.4 Å². The van der Waals surface area contributed by atoms with Gasteiger partial charge in [0, 0.05) is 15.6 Å².